The summed E-state index contributed by atoms with van der Waals surface area (Å²) >= 11 is 1.28. The number of para-hydroxylation sites is 1. The summed E-state index contributed by atoms with van der Waals surface area (Å²) in [5.74, 6) is 0.451. The van der Waals surface area contributed by atoms with E-state index in [0.29, 0.717) is 17.1 Å². The average molecular weight is 368 g/mol. The van der Waals surface area contributed by atoms with Crippen molar-refractivity contribution in [3.63, 3.8) is 0 Å². The Morgan fingerprint density at radius 2 is 1.65 bits per heavy atom. The molecule has 2 aromatic carbocycles. The first-order valence-electron chi connectivity index (χ1n) is 8.05. The summed E-state index contributed by atoms with van der Waals surface area (Å²) in [6, 6.07) is 18.0. The summed E-state index contributed by atoms with van der Waals surface area (Å²) < 4.78 is 0. The van der Waals surface area contributed by atoms with Crippen LogP contribution in [0.25, 0.3) is 0 Å². The van der Waals surface area contributed by atoms with Crippen molar-refractivity contribution in [3.8, 4) is 6.07 Å². The van der Waals surface area contributed by atoms with Crippen molar-refractivity contribution >= 4 is 35.1 Å². The number of nitrogens with zero attached hydrogens (tertiary/aromatic N) is 1. The van der Waals surface area contributed by atoms with Crippen LogP contribution in [0.3, 0.4) is 0 Å². The minimum absolute atomic E-state index is 0.109. The van der Waals surface area contributed by atoms with Gasteiger partial charge in [-0.3, -0.25) is 4.79 Å². The van der Waals surface area contributed by atoms with E-state index in [0.717, 1.165) is 5.56 Å². The first-order chi connectivity index (χ1) is 12.6. The standard InChI is InChI=1S/C19H20N4O2S/c1-14(21-18(24)13-26-12-11-20)15-7-9-17(10-8-15)23-19(25)22-16-5-3-2-4-6-16/h2-10,14H,12-13H2,1H3,(H,21,24)(H2,22,23,25)/t14-/m1/s1. The molecule has 0 saturated carbocycles. The van der Waals surface area contributed by atoms with E-state index in [1.54, 1.807) is 12.1 Å². The first-order valence-corrected chi connectivity index (χ1v) is 9.21. The maximum atomic E-state index is 12.0. The Kier molecular flexibility index (Phi) is 7.52. The quantitative estimate of drug-likeness (QED) is 0.649. The van der Waals surface area contributed by atoms with E-state index < -0.39 is 0 Å². The number of nitriles is 1. The van der Waals surface area contributed by atoms with Gasteiger partial charge in [0.2, 0.25) is 5.91 Å². The lowest BCUT2D eigenvalue weighted by Crippen LogP contribution is -2.28. The van der Waals surface area contributed by atoms with Crippen LogP contribution in [0.1, 0.15) is 18.5 Å². The van der Waals surface area contributed by atoms with Crippen LogP contribution in [0, 0.1) is 11.3 Å². The van der Waals surface area contributed by atoms with Crippen LogP contribution in [0.5, 0.6) is 0 Å². The smallest absolute Gasteiger partial charge is 0.323 e. The Bertz CT molecular complexity index is 772. The van der Waals surface area contributed by atoms with Crippen LogP contribution >= 0.6 is 11.8 Å². The number of anilines is 2. The fraction of sp³-hybridized carbons (Fsp3) is 0.211. The molecule has 1 atom stereocenters. The number of thioether (sulfide) groups is 1. The van der Waals surface area contributed by atoms with Crippen LogP contribution in [-0.2, 0) is 4.79 Å². The predicted molar refractivity (Wildman–Crippen MR) is 105 cm³/mol. The molecular weight excluding hydrogens is 348 g/mol. The first kappa shape index (κ1) is 19.3. The van der Waals surface area contributed by atoms with Gasteiger partial charge in [-0.1, -0.05) is 30.3 Å². The van der Waals surface area contributed by atoms with Crippen LogP contribution in [0.2, 0.25) is 0 Å². The molecule has 2 rings (SSSR count). The predicted octanol–water partition coefficient (Wildman–Crippen LogP) is 3.76. The van der Waals surface area contributed by atoms with Crippen LogP contribution < -0.4 is 16.0 Å². The molecule has 6 nitrogen and oxygen atoms in total. The van der Waals surface area contributed by atoms with E-state index in [9.17, 15) is 9.59 Å². The number of rotatable bonds is 7. The van der Waals surface area contributed by atoms with Gasteiger partial charge in [-0.2, -0.15) is 5.26 Å². The van der Waals surface area contributed by atoms with E-state index in [1.165, 1.54) is 11.8 Å². The van der Waals surface area contributed by atoms with Crippen molar-refractivity contribution in [2.24, 2.45) is 0 Å². The van der Waals surface area contributed by atoms with Crippen molar-refractivity contribution in [3.05, 3.63) is 60.2 Å². The number of hydrogen-bond acceptors (Lipinski definition) is 4. The number of benzene rings is 2. The zero-order valence-electron chi connectivity index (χ0n) is 14.4. The molecule has 0 heterocycles. The minimum atomic E-state index is -0.320. The zero-order valence-corrected chi connectivity index (χ0v) is 15.2. The van der Waals surface area contributed by atoms with Gasteiger partial charge in [0, 0.05) is 11.4 Å². The maximum absolute atomic E-state index is 12.0. The largest absolute Gasteiger partial charge is 0.349 e. The van der Waals surface area contributed by atoms with Crippen molar-refractivity contribution in [1.29, 1.82) is 5.26 Å². The number of urea groups is 1. The highest BCUT2D eigenvalue weighted by Crippen LogP contribution is 2.17. The molecule has 3 N–H and O–H groups in total. The summed E-state index contributed by atoms with van der Waals surface area (Å²) in [6.07, 6.45) is 0. The molecule has 0 saturated heterocycles. The molecule has 0 radical (unpaired) electrons. The second kappa shape index (κ2) is 10.1. The summed E-state index contributed by atoms with van der Waals surface area (Å²) in [5, 5.41) is 16.9. The number of carbonyl (C=O) groups excluding carboxylic acids is 2. The fourth-order valence-electron chi connectivity index (χ4n) is 2.23. The zero-order chi connectivity index (χ0) is 18.8. The molecule has 0 fully saturated rings. The van der Waals surface area contributed by atoms with Crippen molar-refractivity contribution in [1.82, 2.24) is 5.32 Å². The van der Waals surface area contributed by atoms with Gasteiger partial charge in [0.15, 0.2) is 0 Å². The monoisotopic (exact) mass is 368 g/mol. The summed E-state index contributed by atoms with van der Waals surface area (Å²) in [7, 11) is 0. The van der Waals surface area contributed by atoms with Gasteiger partial charge < -0.3 is 16.0 Å². The molecule has 0 bridgehead atoms. The van der Waals surface area contributed by atoms with E-state index in [1.807, 2.05) is 55.5 Å². The molecular formula is C19H20N4O2S. The van der Waals surface area contributed by atoms with E-state index in [2.05, 4.69) is 16.0 Å². The molecule has 2 aromatic rings. The molecule has 3 amide bonds. The number of carbonyl (C=O) groups is 2. The van der Waals surface area contributed by atoms with Gasteiger partial charge >= 0.3 is 6.03 Å². The molecule has 0 spiro atoms. The average Bonchev–Trinajstić information content (AvgIpc) is 2.63. The molecule has 0 aromatic heterocycles. The molecule has 0 unspecified atom stereocenters. The van der Waals surface area contributed by atoms with Crippen LogP contribution in [0.4, 0.5) is 16.2 Å². The minimum Gasteiger partial charge on any atom is -0.349 e. The van der Waals surface area contributed by atoms with Gasteiger partial charge in [0.05, 0.1) is 23.6 Å². The van der Waals surface area contributed by atoms with Crippen LogP contribution in [0.15, 0.2) is 54.6 Å². The molecule has 134 valence electrons. The Morgan fingerprint density at radius 1 is 1.04 bits per heavy atom. The molecule has 0 aliphatic heterocycles. The van der Waals surface area contributed by atoms with Crippen molar-refractivity contribution in [2.45, 2.75) is 13.0 Å². The third-order valence-electron chi connectivity index (χ3n) is 3.48. The second-order valence-corrected chi connectivity index (χ2v) is 6.49. The SMILES string of the molecule is C[C@@H](NC(=O)CSCC#N)c1ccc(NC(=O)Nc2ccccc2)cc1. The highest BCUT2D eigenvalue weighted by Gasteiger charge is 2.10. The van der Waals surface area contributed by atoms with E-state index >= 15 is 0 Å². The van der Waals surface area contributed by atoms with Gasteiger partial charge in [0.25, 0.3) is 0 Å². The number of hydrogen-bond donors (Lipinski definition) is 3. The Labute approximate surface area is 157 Å². The van der Waals surface area contributed by atoms with Gasteiger partial charge in [-0.25, -0.2) is 4.79 Å². The van der Waals surface area contributed by atoms with Gasteiger partial charge in [-0.15, -0.1) is 11.8 Å². The molecule has 26 heavy (non-hydrogen) atoms. The highest BCUT2D eigenvalue weighted by atomic mass is 32.2. The van der Waals surface area contributed by atoms with E-state index in [-0.39, 0.29) is 23.7 Å². The van der Waals surface area contributed by atoms with Crippen molar-refractivity contribution in [2.75, 3.05) is 22.1 Å². The van der Waals surface area contributed by atoms with Crippen LogP contribution in [-0.4, -0.2) is 23.4 Å². The summed E-state index contributed by atoms with van der Waals surface area (Å²) in [6.45, 7) is 1.89. The summed E-state index contributed by atoms with van der Waals surface area (Å²) in [4.78, 5) is 23.7. The third kappa shape index (κ3) is 6.49. The molecule has 0 aliphatic rings. The normalized spacial score (nSPS) is 11.1. The Hall–Kier alpha value is -2.98. The lowest BCUT2D eigenvalue weighted by Gasteiger charge is -2.15. The summed E-state index contributed by atoms with van der Waals surface area (Å²) in [5.41, 5.74) is 2.30. The van der Waals surface area contributed by atoms with Gasteiger partial charge in [-0.05, 0) is 36.8 Å². The van der Waals surface area contributed by atoms with E-state index in [4.69, 9.17) is 5.26 Å². The fourth-order valence-corrected chi connectivity index (χ4v) is 2.69. The highest BCUT2D eigenvalue weighted by molar-refractivity contribution is 8.00. The number of nitrogens with one attached hydrogen (secondary N) is 3. The Morgan fingerprint density at radius 3 is 2.27 bits per heavy atom. The number of amides is 3. The molecule has 0 aliphatic carbocycles. The van der Waals surface area contributed by atoms with Gasteiger partial charge in [0.1, 0.15) is 0 Å². The second-order valence-electron chi connectivity index (χ2n) is 5.51. The lowest BCUT2D eigenvalue weighted by molar-refractivity contribution is -0.119. The third-order valence-corrected chi connectivity index (χ3v) is 4.28. The maximum Gasteiger partial charge on any atom is 0.323 e. The molecule has 7 heteroatoms. The van der Waals surface area contributed by atoms with Crippen molar-refractivity contribution < 1.29 is 9.59 Å². The Balaban J connectivity index is 1.84. The topological polar surface area (TPSA) is 94.0 Å². The lowest BCUT2D eigenvalue weighted by atomic mass is 10.1.